The predicted molar refractivity (Wildman–Crippen MR) is 83.9 cm³/mol. The molecular weight excluding hydrogens is 286 g/mol. The van der Waals surface area contributed by atoms with Crippen LogP contribution in [0.2, 0.25) is 0 Å². The number of rotatable bonds is 4. The Morgan fingerprint density at radius 2 is 2.48 bits per heavy atom. The lowest BCUT2D eigenvalue weighted by Crippen LogP contribution is -2.29. The number of fused-ring (bicyclic) bond motifs is 1. The molecule has 3 heterocycles. The smallest absolute Gasteiger partial charge is 0.264 e. The van der Waals surface area contributed by atoms with Crippen molar-refractivity contribution in [1.29, 1.82) is 0 Å². The molecule has 21 heavy (non-hydrogen) atoms. The van der Waals surface area contributed by atoms with Crippen LogP contribution in [0, 0.1) is 0 Å². The van der Waals surface area contributed by atoms with Crippen LogP contribution in [0.15, 0.2) is 18.3 Å². The van der Waals surface area contributed by atoms with Crippen molar-refractivity contribution in [2.45, 2.75) is 12.3 Å². The molecule has 2 aromatic heterocycles. The monoisotopic (exact) mass is 305 g/mol. The number of hydrogen-bond acceptors (Lipinski definition) is 5. The molecule has 6 heteroatoms. The van der Waals surface area contributed by atoms with Crippen molar-refractivity contribution < 1.29 is 9.90 Å². The van der Waals surface area contributed by atoms with Gasteiger partial charge in [0.25, 0.3) is 5.91 Å². The molecule has 3 rings (SSSR count). The third-order valence-corrected chi connectivity index (χ3v) is 5.07. The Balaban J connectivity index is 2.08. The Morgan fingerprint density at radius 3 is 3.19 bits per heavy atom. The van der Waals surface area contributed by atoms with Gasteiger partial charge in [0.1, 0.15) is 4.83 Å². The van der Waals surface area contributed by atoms with Gasteiger partial charge >= 0.3 is 0 Å². The lowest BCUT2D eigenvalue weighted by molar-refractivity contribution is 0.0770. The minimum atomic E-state index is -0.0221. The van der Waals surface area contributed by atoms with Gasteiger partial charge in [0.15, 0.2) is 0 Å². The van der Waals surface area contributed by atoms with Crippen LogP contribution in [0.25, 0.3) is 10.2 Å². The lowest BCUT2D eigenvalue weighted by Gasteiger charge is -2.17. The number of likely N-dealkylation sites (N-methyl/N-ethyl adjacent to an activating group) is 1. The van der Waals surface area contributed by atoms with E-state index in [1.165, 1.54) is 11.3 Å². The van der Waals surface area contributed by atoms with E-state index in [0.717, 1.165) is 40.2 Å². The number of hydrogen-bond donors (Lipinski definition) is 2. The first kappa shape index (κ1) is 14.4. The Hall–Kier alpha value is -1.50. The summed E-state index contributed by atoms with van der Waals surface area (Å²) in [5.41, 5.74) is 1.13. The van der Waals surface area contributed by atoms with Crippen molar-refractivity contribution in [3.05, 3.63) is 28.8 Å². The van der Waals surface area contributed by atoms with E-state index in [4.69, 9.17) is 5.11 Å². The standard InChI is InChI=1S/C15H19N3O2S/c1-18(7-8-19)15(20)13-12(10-4-6-16-9-10)11-3-2-5-17-14(11)21-13/h2-3,5,10,16,19H,4,6-9H2,1H3. The molecule has 2 aromatic rings. The molecule has 1 atom stereocenters. The van der Waals surface area contributed by atoms with Gasteiger partial charge in [-0.3, -0.25) is 4.79 Å². The summed E-state index contributed by atoms with van der Waals surface area (Å²) in [6, 6.07) is 3.97. The van der Waals surface area contributed by atoms with E-state index >= 15 is 0 Å². The van der Waals surface area contributed by atoms with Crippen LogP contribution in [0.5, 0.6) is 0 Å². The Bertz CT molecular complexity index is 649. The van der Waals surface area contributed by atoms with E-state index in [-0.39, 0.29) is 12.5 Å². The number of thiophene rings is 1. The zero-order chi connectivity index (χ0) is 14.8. The highest BCUT2D eigenvalue weighted by atomic mass is 32.1. The first-order valence-corrected chi connectivity index (χ1v) is 7.98. The molecule has 0 saturated carbocycles. The fraction of sp³-hybridized carbons (Fsp3) is 0.467. The molecule has 0 radical (unpaired) electrons. The van der Waals surface area contributed by atoms with E-state index < -0.39 is 0 Å². The molecule has 0 aliphatic carbocycles. The highest BCUT2D eigenvalue weighted by Gasteiger charge is 2.28. The number of amides is 1. The van der Waals surface area contributed by atoms with E-state index in [9.17, 15) is 4.79 Å². The molecule has 1 saturated heterocycles. The number of pyridine rings is 1. The lowest BCUT2D eigenvalue weighted by atomic mass is 9.95. The van der Waals surface area contributed by atoms with Gasteiger partial charge in [-0.15, -0.1) is 11.3 Å². The van der Waals surface area contributed by atoms with Crippen LogP contribution in [-0.2, 0) is 0 Å². The van der Waals surface area contributed by atoms with Gasteiger partial charge in [-0.25, -0.2) is 4.98 Å². The van der Waals surface area contributed by atoms with Gasteiger partial charge in [-0.2, -0.15) is 0 Å². The Morgan fingerprint density at radius 1 is 1.62 bits per heavy atom. The van der Waals surface area contributed by atoms with Crippen molar-refractivity contribution in [2.24, 2.45) is 0 Å². The Labute approximate surface area is 127 Å². The van der Waals surface area contributed by atoms with Crippen LogP contribution < -0.4 is 5.32 Å². The van der Waals surface area contributed by atoms with Crippen molar-refractivity contribution >= 4 is 27.5 Å². The summed E-state index contributed by atoms with van der Waals surface area (Å²) >= 11 is 1.46. The largest absolute Gasteiger partial charge is 0.395 e. The number of aliphatic hydroxyl groups is 1. The van der Waals surface area contributed by atoms with Crippen molar-refractivity contribution in [3.63, 3.8) is 0 Å². The van der Waals surface area contributed by atoms with Crippen LogP contribution in [0.4, 0.5) is 0 Å². The highest BCUT2D eigenvalue weighted by Crippen LogP contribution is 2.38. The van der Waals surface area contributed by atoms with Gasteiger partial charge in [-0.1, -0.05) is 6.07 Å². The van der Waals surface area contributed by atoms with E-state index in [1.807, 2.05) is 6.07 Å². The van der Waals surface area contributed by atoms with Crippen molar-refractivity contribution in [1.82, 2.24) is 15.2 Å². The van der Waals surface area contributed by atoms with Crippen molar-refractivity contribution in [3.8, 4) is 0 Å². The summed E-state index contributed by atoms with van der Waals surface area (Å²) in [7, 11) is 1.73. The first-order chi connectivity index (χ1) is 10.2. The maximum atomic E-state index is 12.7. The van der Waals surface area contributed by atoms with Crippen molar-refractivity contribution in [2.75, 3.05) is 33.3 Å². The molecular formula is C15H19N3O2S. The summed E-state index contributed by atoms with van der Waals surface area (Å²) in [5, 5.41) is 13.5. The zero-order valence-corrected chi connectivity index (χ0v) is 12.8. The average Bonchev–Trinajstić information content (AvgIpc) is 3.13. The topological polar surface area (TPSA) is 65.5 Å². The van der Waals surface area contributed by atoms with Crippen LogP contribution in [0.3, 0.4) is 0 Å². The summed E-state index contributed by atoms with van der Waals surface area (Å²) in [6.45, 7) is 2.22. The SMILES string of the molecule is CN(CCO)C(=O)c1sc2ncccc2c1C1CCNC1. The second-order valence-corrected chi connectivity index (χ2v) is 6.34. The second kappa shape index (κ2) is 6.09. The maximum absolute atomic E-state index is 12.7. The molecule has 1 aliphatic rings. The summed E-state index contributed by atoms with van der Waals surface area (Å²) in [4.78, 5) is 20.3. The van der Waals surface area contributed by atoms with E-state index in [0.29, 0.717) is 12.5 Å². The summed E-state index contributed by atoms with van der Waals surface area (Å²) < 4.78 is 0. The minimum Gasteiger partial charge on any atom is -0.395 e. The maximum Gasteiger partial charge on any atom is 0.264 e. The number of carbonyl (C=O) groups is 1. The predicted octanol–water partition coefficient (Wildman–Crippen LogP) is 1.44. The van der Waals surface area contributed by atoms with E-state index in [2.05, 4.69) is 16.4 Å². The van der Waals surface area contributed by atoms with Crippen LogP contribution in [0.1, 0.15) is 27.6 Å². The molecule has 5 nitrogen and oxygen atoms in total. The van der Waals surface area contributed by atoms with Crippen LogP contribution >= 0.6 is 11.3 Å². The number of aromatic nitrogens is 1. The average molecular weight is 305 g/mol. The van der Waals surface area contributed by atoms with Gasteiger partial charge in [0, 0.05) is 31.7 Å². The van der Waals surface area contributed by atoms with Gasteiger partial charge in [0.2, 0.25) is 0 Å². The van der Waals surface area contributed by atoms with Gasteiger partial charge in [0.05, 0.1) is 11.5 Å². The first-order valence-electron chi connectivity index (χ1n) is 7.17. The number of nitrogens with zero attached hydrogens (tertiary/aromatic N) is 2. The molecule has 1 fully saturated rings. The minimum absolute atomic E-state index is 0.0195. The molecule has 1 amide bonds. The number of nitrogens with one attached hydrogen (secondary N) is 1. The summed E-state index contributed by atoms with van der Waals surface area (Å²) in [6.07, 6.45) is 2.81. The fourth-order valence-electron chi connectivity index (χ4n) is 2.84. The van der Waals surface area contributed by atoms with Gasteiger partial charge < -0.3 is 15.3 Å². The molecule has 2 N–H and O–H groups in total. The van der Waals surface area contributed by atoms with Crippen LogP contribution in [-0.4, -0.2) is 54.2 Å². The molecule has 112 valence electrons. The molecule has 0 aromatic carbocycles. The molecule has 0 bridgehead atoms. The number of carbonyl (C=O) groups excluding carboxylic acids is 1. The molecule has 0 spiro atoms. The molecule has 1 unspecified atom stereocenters. The quantitative estimate of drug-likeness (QED) is 0.897. The third kappa shape index (κ3) is 2.66. The highest BCUT2D eigenvalue weighted by molar-refractivity contribution is 7.20. The fourth-order valence-corrected chi connectivity index (χ4v) is 4.07. The summed E-state index contributed by atoms with van der Waals surface area (Å²) in [5.74, 6) is 0.346. The molecule has 1 aliphatic heterocycles. The Kier molecular flexibility index (Phi) is 4.19. The van der Waals surface area contributed by atoms with Gasteiger partial charge in [-0.05, 0) is 30.5 Å². The number of aliphatic hydroxyl groups excluding tert-OH is 1. The zero-order valence-electron chi connectivity index (χ0n) is 12.0. The normalized spacial score (nSPS) is 18.3. The van der Waals surface area contributed by atoms with E-state index in [1.54, 1.807) is 18.1 Å². The second-order valence-electron chi connectivity index (χ2n) is 5.34. The third-order valence-electron chi connectivity index (χ3n) is 3.95.